The van der Waals surface area contributed by atoms with Crippen LogP contribution in [0.2, 0.25) is 0 Å². The molecule has 2 aromatic heterocycles. The Morgan fingerprint density at radius 1 is 1.45 bits per heavy atom. The van der Waals surface area contributed by atoms with E-state index in [2.05, 4.69) is 10.4 Å². The fourth-order valence-electron chi connectivity index (χ4n) is 2.89. The molecule has 1 fully saturated rings. The molecular formula is C16H21N3O3. The first-order chi connectivity index (χ1) is 10.6. The summed E-state index contributed by atoms with van der Waals surface area (Å²) in [4.78, 5) is 12.6. The molecule has 0 saturated carbocycles. The van der Waals surface area contributed by atoms with E-state index in [9.17, 15) is 4.79 Å². The molecule has 3 atom stereocenters. The average Bonchev–Trinajstić information content (AvgIpc) is 3.18. The lowest BCUT2D eigenvalue weighted by molar-refractivity contribution is -0.127. The van der Waals surface area contributed by atoms with Gasteiger partial charge in [-0.3, -0.25) is 9.48 Å². The first-order valence-corrected chi connectivity index (χ1v) is 7.52. The fraction of sp³-hybridized carbons (Fsp3) is 0.500. The molecule has 1 aliphatic rings. The van der Waals surface area contributed by atoms with Gasteiger partial charge in [0.25, 0.3) is 0 Å². The topological polar surface area (TPSA) is 69.3 Å². The Morgan fingerprint density at radius 2 is 2.27 bits per heavy atom. The number of carbonyl (C=O) groups is 1. The molecule has 3 heterocycles. The molecule has 1 N–H and O–H groups in total. The number of rotatable bonds is 4. The molecule has 0 aromatic carbocycles. The van der Waals surface area contributed by atoms with Crippen LogP contribution < -0.4 is 5.32 Å². The number of nitrogens with zero attached hydrogens (tertiary/aromatic N) is 2. The maximum absolute atomic E-state index is 12.6. The number of nitrogens with one attached hydrogen (secondary N) is 1. The van der Waals surface area contributed by atoms with Crippen LogP contribution in [0.1, 0.15) is 42.7 Å². The molecule has 6 heteroatoms. The van der Waals surface area contributed by atoms with Gasteiger partial charge in [0.2, 0.25) is 5.91 Å². The Bertz CT molecular complexity index is 661. The van der Waals surface area contributed by atoms with Crippen molar-refractivity contribution in [3.05, 3.63) is 41.6 Å². The lowest BCUT2D eigenvalue weighted by Gasteiger charge is -2.20. The van der Waals surface area contributed by atoms with Crippen LogP contribution in [0, 0.1) is 12.8 Å². The van der Waals surface area contributed by atoms with Crippen LogP contribution in [0.15, 0.2) is 28.8 Å². The molecule has 1 aliphatic heterocycles. The van der Waals surface area contributed by atoms with Crippen LogP contribution in [-0.2, 0) is 16.6 Å². The van der Waals surface area contributed by atoms with Crippen molar-refractivity contribution in [3.63, 3.8) is 0 Å². The number of ether oxygens (including phenoxy) is 1. The van der Waals surface area contributed by atoms with E-state index in [0.29, 0.717) is 13.0 Å². The van der Waals surface area contributed by atoms with Crippen molar-refractivity contribution < 1.29 is 13.9 Å². The Kier molecular flexibility index (Phi) is 4.02. The highest BCUT2D eigenvalue weighted by molar-refractivity contribution is 5.80. The second-order valence-corrected chi connectivity index (χ2v) is 5.74. The molecule has 0 radical (unpaired) electrons. The Morgan fingerprint density at radius 3 is 2.91 bits per heavy atom. The van der Waals surface area contributed by atoms with Crippen molar-refractivity contribution in [2.75, 3.05) is 6.61 Å². The zero-order valence-corrected chi connectivity index (χ0v) is 13.1. The Balaban J connectivity index is 1.70. The maximum Gasteiger partial charge on any atom is 0.226 e. The molecule has 22 heavy (non-hydrogen) atoms. The fourth-order valence-corrected chi connectivity index (χ4v) is 2.89. The second kappa shape index (κ2) is 5.96. The maximum atomic E-state index is 12.6. The summed E-state index contributed by atoms with van der Waals surface area (Å²) in [7, 11) is 1.86. The molecule has 0 unspecified atom stereocenters. The van der Waals surface area contributed by atoms with Crippen LogP contribution in [0.25, 0.3) is 0 Å². The predicted molar refractivity (Wildman–Crippen MR) is 80.0 cm³/mol. The third-order valence-electron chi connectivity index (χ3n) is 4.13. The number of aryl methyl sites for hydroxylation is 2. The number of hydrogen-bond acceptors (Lipinski definition) is 4. The molecule has 118 valence electrons. The second-order valence-electron chi connectivity index (χ2n) is 5.74. The molecule has 1 saturated heterocycles. The number of aromatic nitrogens is 2. The van der Waals surface area contributed by atoms with E-state index in [1.807, 2.05) is 39.1 Å². The normalized spacial score (nSPS) is 22.7. The molecule has 3 rings (SSSR count). The van der Waals surface area contributed by atoms with E-state index in [-0.39, 0.29) is 24.0 Å². The summed E-state index contributed by atoms with van der Waals surface area (Å²) in [5.41, 5.74) is 0.930. The Labute approximate surface area is 129 Å². The summed E-state index contributed by atoms with van der Waals surface area (Å²) in [6.07, 6.45) is 2.20. The zero-order valence-electron chi connectivity index (χ0n) is 13.1. The lowest BCUT2D eigenvalue weighted by Crippen LogP contribution is -2.34. The van der Waals surface area contributed by atoms with Crippen molar-refractivity contribution >= 4 is 5.91 Å². The molecule has 0 bridgehead atoms. The minimum absolute atomic E-state index is 0.00902. The van der Waals surface area contributed by atoms with Crippen molar-refractivity contribution in [1.82, 2.24) is 15.1 Å². The van der Waals surface area contributed by atoms with Gasteiger partial charge >= 0.3 is 0 Å². The van der Waals surface area contributed by atoms with Crippen molar-refractivity contribution in [2.45, 2.75) is 32.4 Å². The standard InChI is InChI=1S/C16H21N3O3/c1-10-4-5-14(22-10)11(2)18-16(20)12-7-9-21-15(12)13-6-8-17-19(13)3/h4-6,8,11-12,15H,7,9H2,1-3H3,(H,18,20)/t11-,12+,15+/m0/s1. The third-order valence-corrected chi connectivity index (χ3v) is 4.13. The van der Waals surface area contributed by atoms with Gasteiger partial charge in [-0.25, -0.2) is 0 Å². The van der Waals surface area contributed by atoms with Crippen molar-refractivity contribution in [3.8, 4) is 0 Å². The van der Waals surface area contributed by atoms with Gasteiger partial charge in [-0.05, 0) is 38.5 Å². The largest absolute Gasteiger partial charge is 0.464 e. The van der Waals surface area contributed by atoms with Gasteiger partial charge in [-0.2, -0.15) is 5.10 Å². The summed E-state index contributed by atoms with van der Waals surface area (Å²) in [5.74, 6) is 1.40. The SMILES string of the molecule is Cc1ccc([C@H](C)NC(=O)[C@@H]2CCO[C@H]2c2ccnn2C)o1. The van der Waals surface area contributed by atoms with Gasteiger partial charge in [0.05, 0.1) is 17.7 Å². The first-order valence-electron chi connectivity index (χ1n) is 7.52. The van der Waals surface area contributed by atoms with E-state index < -0.39 is 0 Å². The summed E-state index contributed by atoms with van der Waals surface area (Å²) in [6.45, 7) is 4.40. The summed E-state index contributed by atoms with van der Waals surface area (Å²) >= 11 is 0. The smallest absolute Gasteiger partial charge is 0.226 e. The highest BCUT2D eigenvalue weighted by atomic mass is 16.5. The monoisotopic (exact) mass is 303 g/mol. The van der Waals surface area contributed by atoms with Gasteiger partial charge < -0.3 is 14.5 Å². The number of furan rings is 1. The summed E-state index contributed by atoms with van der Waals surface area (Å²) in [5, 5.41) is 7.18. The van der Waals surface area contributed by atoms with Crippen LogP contribution in [0.5, 0.6) is 0 Å². The number of amides is 1. The van der Waals surface area contributed by atoms with Crippen LogP contribution in [0.3, 0.4) is 0 Å². The van der Waals surface area contributed by atoms with E-state index >= 15 is 0 Å². The van der Waals surface area contributed by atoms with Gasteiger partial charge in [-0.1, -0.05) is 0 Å². The zero-order chi connectivity index (χ0) is 15.7. The lowest BCUT2D eigenvalue weighted by atomic mass is 9.97. The van der Waals surface area contributed by atoms with Crippen LogP contribution in [0.4, 0.5) is 0 Å². The van der Waals surface area contributed by atoms with Crippen molar-refractivity contribution in [2.24, 2.45) is 13.0 Å². The van der Waals surface area contributed by atoms with Gasteiger partial charge in [0.1, 0.15) is 17.6 Å². The highest BCUT2D eigenvalue weighted by Gasteiger charge is 2.37. The summed E-state index contributed by atoms with van der Waals surface area (Å²) in [6, 6.07) is 5.53. The van der Waals surface area contributed by atoms with Gasteiger partial charge in [0, 0.05) is 19.9 Å². The Hall–Kier alpha value is -2.08. The van der Waals surface area contributed by atoms with Crippen molar-refractivity contribution in [1.29, 1.82) is 0 Å². The predicted octanol–water partition coefficient (Wildman–Crippen LogP) is 2.28. The van der Waals surface area contributed by atoms with Gasteiger partial charge in [-0.15, -0.1) is 0 Å². The van der Waals surface area contributed by atoms with E-state index in [0.717, 1.165) is 17.2 Å². The van der Waals surface area contributed by atoms with E-state index in [1.54, 1.807) is 10.9 Å². The molecule has 1 amide bonds. The molecule has 2 aromatic rings. The van der Waals surface area contributed by atoms with Crippen LogP contribution in [-0.4, -0.2) is 22.3 Å². The first kappa shape index (κ1) is 14.8. The molecule has 6 nitrogen and oxygen atoms in total. The molecule has 0 aliphatic carbocycles. The van der Waals surface area contributed by atoms with Gasteiger partial charge in [0.15, 0.2) is 0 Å². The summed E-state index contributed by atoms with van der Waals surface area (Å²) < 4.78 is 13.1. The average molecular weight is 303 g/mol. The van der Waals surface area contributed by atoms with E-state index in [1.165, 1.54) is 0 Å². The minimum Gasteiger partial charge on any atom is -0.464 e. The highest BCUT2D eigenvalue weighted by Crippen LogP contribution is 2.34. The number of hydrogen-bond donors (Lipinski definition) is 1. The van der Waals surface area contributed by atoms with E-state index in [4.69, 9.17) is 9.15 Å². The quantitative estimate of drug-likeness (QED) is 0.940. The number of carbonyl (C=O) groups excluding carboxylic acids is 1. The third kappa shape index (κ3) is 2.78. The molecule has 0 spiro atoms. The minimum atomic E-state index is -0.238. The molecular weight excluding hydrogens is 282 g/mol. The van der Waals surface area contributed by atoms with Crippen LogP contribution >= 0.6 is 0 Å².